The monoisotopic (exact) mass is 489 g/mol. The Hall–Kier alpha value is -3.82. The Balaban J connectivity index is 1.16. The molecule has 1 unspecified atom stereocenters. The average Bonchev–Trinajstić information content (AvgIpc) is 3.10. The predicted octanol–water partition coefficient (Wildman–Crippen LogP) is 2.96. The van der Waals surface area contributed by atoms with Gasteiger partial charge < -0.3 is 10.6 Å². The molecule has 8 nitrogen and oxygen atoms in total. The molecule has 2 saturated heterocycles. The maximum absolute atomic E-state index is 13.4. The molecule has 0 radical (unpaired) electrons. The molecule has 2 heterocycles. The molecule has 1 atom stereocenters. The quantitative estimate of drug-likeness (QED) is 0.520. The summed E-state index contributed by atoms with van der Waals surface area (Å²) in [5.74, 6) is -0.800. The van der Waals surface area contributed by atoms with Crippen LogP contribution in [0.2, 0.25) is 0 Å². The fourth-order valence-corrected chi connectivity index (χ4v) is 4.75. The Labute approximate surface area is 208 Å². The summed E-state index contributed by atoms with van der Waals surface area (Å²) in [6.07, 6.45) is 0. The van der Waals surface area contributed by atoms with Crippen LogP contribution in [0, 0.1) is 5.82 Å². The van der Waals surface area contributed by atoms with E-state index < -0.39 is 11.6 Å². The zero-order valence-corrected chi connectivity index (χ0v) is 20.0. The second kappa shape index (κ2) is 9.67. The number of halogens is 1. The molecular formula is C27H28FN5O3. The van der Waals surface area contributed by atoms with Gasteiger partial charge in [-0.15, -0.1) is 0 Å². The molecule has 0 bridgehead atoms. The highest BCUT2D eigenvalue weighted by atomic mass is 19.1. The minimum Gasteiger partial charge on any atom is -0.325 e. The van der Waals surface area contributed by atoms with Crippen LogP contribution in [0.25, 0.3) is 10.8 Å². The van der Waals surface area contributed by atoms with Gasteiger partial charge in [0.05, 0.1) is 13.2 Å². The molecule has 186 valence electrons. The SMILES string of the molecule is CC1(c2ccc3ccccc3c2)NC(=O)N(CN2CCN(CC(=O)Nc3ccc(F)cc3)CC2)C1=O. The summed E-state index contributed by atoms with van der Waals surface area (Å²) < 4.78 is 13.0. The molecule has 2 aliphatic heterocycles. The smallest absolute Gasteiger partial charge is 0.325 e. The van der Waals surface area contributed by atoms with Gasteiger partial charge in [0.2, 0.25) is 5.91 Å². The van der Waals surface area contributed by atoms with Crippen molar-refractivity contribution in [3.63, 3.8) is 0 Å². The molecular weight excluding hydrogens is 461 g/mol. The number of hydrogen-bond acceptors (Lipinski definition) is 5. The Morgan fingerprint density at radius 2 is 1.61 bits per heavy atom. The number of fused-ring (bicyclic) bond motifs is 1. The number of piperazine rings is 1. The Morgan fingerprint density at radius 3 is 2.33 bits per heavy atom. The second-order valence-corrected chi connectivity index (χ2v) is 9.44. The summed E-state index contributed by atoms with van der Waals surface area (Å²) >= 11 is 0. The molecule has 5 rings (SSSR count). The normalized spacial score (nSPS) is 21.1. The van der Waals surface area contributed by atoms with Crippen molar-refractivity contribution in [3.8, 4) is 0 Å². The number of carbonyl (C=O) groups is 3. The van der Waals surface area contributed by atoms with Gasteiger partial charge in [-0.3, -0.25) is 19.4 Å². The van der Waals surface area contributed by atoms with E-state index >= 15 is 0 Å². The van der Waals surface area contributed by atoms with Gasteiger partial charge in [-0.25, -0.2) is 14.1 Å². The number of hydrogen-bond donors (Lipinski definition) is 2. The first-order valence-corrected chi connectivity index (χ1v) is 12.0. The average molecular weight is 490 g/mol. The van der Waals surface area contributed by atoms with Crippen LogP contribution < -0.4 is 10.6 Å². The number of nitrogens with one attached hydrogen (secondary N) is 2. The minimum atomic E-state index is -1.12. The van der Waals surface area contributed by atoms with Crippen molar-refractivity contribution in [3.05, 3.63) is 78.1 Å². The summed E-state index contributed by atoms with van der Waals surface area (Å²) in [6.45, 7) is 4.65. The standard InChI is InChI=1S/C27H28FN5O3/c1-27(21-7-6-19-4-2-3-5-20(19)16-21)25(35)33(26(36)30-27)18-32-14-12-31(13-15-32)17-24(34)29-23-10-8-22(28)9-11-23/h2-11,16H,12-15,17-18H2,1H3,(H,29,34)(H,30,36). The number of urea groups is 1. The van der Waals surface area contributed by atoms with Gasteiger partial charge in [0.1, 0.15) is 11.4 Å². The summed E-state index contributed by atoms with van der Waals surface area (Å²) in [5.41, 5.74) is 0.175. The van der Waals surface area contributed by atoms with Crippen LogP contribution in [-0.2, 0) is 15.1 Å². The van der Waals surface area contributed by atoms with Crippen molar-refractivity contribution in [1.29, 1.82) is 0 Å². The lowest BCUT2D eigenvalue weighted by molar-refractivity contribution is -0.132. The fourth-order valence-electron chi connectivity index (χ4n) is 4.75. The first kappa shape index (κ1) is 23.9. The molecule has 3 aromatic rings. The molecule has 3 aromatic carbocycles. The van der Waals surface area contributed by atoms with E-state index in [1.54, 1.807) is 6.92 Å². The van der Waals surface area contributed by atoms with Crippen LogP contribution in [-0.4, -0.2) is 71.9 Å². The molecule has 9 heteroatoms. The number of rotatable bonds is 6. The van der Waals surface area contributed by atoms with Crippen LogP contribution in [0.15, 0.2) is 66.7 Å². The maximum atomic E-state index is 13.4. The summed E-state index contributed by atoms with van der Waals surface area (Å²) in [7, 11) is 0. The largest absolute Gasteiger partial charge is 0.326 e. The van der Waals surface area contributed by atoms with Crippen molar-refractivity contribution in [1.82, 2.24) is 20.0 Å². The van der Waals surface area contributed by atoms with Crippen LogP contribution in [0.5, 0.6) is 0 Å². The van der Waals surface area contributed by atoms with Crippen molar-refractivity contribution >= 4 is 34.3 Å². The van der Waals surface area contributed by atoms with Gasteiger partial charge in [-0.2, -0.15) is 0 Å². The zero-order valence-electron chi connectivity index (χ0n) is 20.0. The highest BCUT2D eigenvalue weighted by Crippen LogP contribution is 2.31. The molecule has 0 aliphatic carbocycles. The van der Waals surface area contributed by atoms with Crippen molar-refractivity contribution in [2.24, 2.45) is 0 Å². The van der Waals surface area contributed by atoms with Gasteiger partial charge >= 0.3 is 6.03 Å². The van der Waals surface area contributed by atoms with E-state index in [4.69, 9.17) is 0 Å². The second-order valence-electron chi connectivity index (χ2n) is 9.44. The number of anilines is 1. The van der Waals surface area contributed by atoms with E-state index in [-0.39, 0.29) is 30.8 Å². The number of nitrogens with zero attached hydrogens (tertiary/aromatic N) is 3. The van der Waals surface area contributed by atoms with Crippen LogP contribution >= 0.6 is 0 Å². The predicted molar refractivity (Wildman–Crippen MR) is 135 cm³/mol. The van der Waals surface area contributed by atoms with E-state index in [9.17, 15) is 18.8 Å². The molecule has 2 aliphatic rings. The zero-order chi connectivity index (χ0) is 25.3. The third-order valence-corrected chi connectivity index (χ3v) is 6.90. The third-order valence-electron chi connectivity index (χ3n) is 6.90. The lowest BCUT2D eigenvalue weighted by atomic mass is 9.90. The summed E-state index contributed by atoms with van der Waals surface area (Å²) in [6, 6.07) is 18.9. The number of imide groups is 1. The highest BCUT2D eigenvalue weighted by Gasteiger charge is 2.49. The minimum absolute atomic E-state index is 0.171. The maximum Gasteiger partial charge on any atom is 0.326 e. The van der Waals surface area contributed by atoms with Crippen LogP contribution in [0.4, 0.5) is 14.9 Å². The molecule has 0 saturated carbocycles. The van der Waals surface area contributed by atoms with Gasteiger partial charge in [-0.05, 0) is 53.6 Å². The van der Waals surface area contributed by atoms with E-state index in [1.807, 2.05) is 52.3 Å². The lowest BCUT2D eigenvalue weighted by Crippen LogP contribution is -2.52. The number of benzene rings is 3. The van der Waals surface area contributed by atoms with Crippen molar-refractivity contribution in [2.45, 2.75) is 12.5 Å². The Kier molecular flexibility index (Phi) is 6.42. The summed E-state index contributed by atoms with van der Waals surface area (Å²) in [4.78, 5) is 43.8. The van der Waals surface area contributed by atoms with Crippen molar-refractivity contribution < 1.29 is 18.8 Å². The van der Waals surface area contributed by atoms with E-state index in [0.29, 0.717) is 31.9 Å². The third kappa shape index (κ3) is 4.80. The Morgan fingerprint density at radius 1 is 0.944 bits per heavy atom. The van der Waals surface area contributed by atoms with Gasteiger partial charge in [0.15, 0.2) is 0 Å². The first-order chi connectivity index (χ1) is 17.3. The molecule has 4 amide bonds. The van der Waals surface area contributed by atoms with Crippen LogP contribution in [0.3, 0.4) is 0 Å². The van der Waals surface area contributed by atoms with Gasteiger partial charge in [0.25, 0.3) is 5.91 Å². The molecule has 0 aromatic heterocycles. The topological polar surface area (TPSA) is 85.0 Å². The van der Waals surface area contributed by atoms with Gasteiger partial charge in [-0.1, -0.05) is 36.4 Å². The van der Waals surface area contributed by atoms with E-state index in [2.05, 4.69) is 10.6 Å². The number of carbonyl (C=O) groups excluding carboxylic acids is 3. The molecule has 2 N–H and O–H groups in total. The van der Waals surface area contributed by atoms with E-state index in [1.165, 1.54) is 29.2 Å². The Bertz CT molecular complexity index is 1310. The number of amides is 4. The molecule has 2 fully saturated rings. The van der Waals surface area contributed by atoms with Crippen molar-refractivity contribution in [2.75, 3.05) is 44.7 Å². The highest BCUT2D eigenvalue weighted by molar-refractivity contribution is 6.07. The lowest BCUT2D eigenvalue weighted by Gasteiger charge is -2.35. The van der Waals surface area contributed by atoms with E-state index in [0.717, 1.165) is 16.3 Å². The molecule has 0 spiro atoms. The van der Waals surface area contributed by atoms with Crippen LogP contribution in [0.1, 0.15) is 12.5 Å². The van der Waals surface area contributed by atoms with Gasteiger partial charge in [0, 0.05) is 31.9 Å². The molecule has 36 heavy (non-hydrogen) atoms. The summed E-state index contributed by atoms with van der Waals surface area (Å²) in [5, 5.41) is 7.74. The first-order valence-electron chi connectivity index (χ1n) is 12.0. The fraction of sp³-hybridized carbons (Fsp3) is 0.296.